The van der Waals surface area contributed by atoms with Crippen molar-refractivity contribution in [2.45, 2.75) is 37.8 Å². The first-order valence-corrected chi connectivity index (χ1v) is 7.66. The van der Waals surface area contributed by atoms with E-state index in [4.69, 9.17) is 23.2 Å². The molecule has 0 radical (unpaired) electrons. The molecule has 2 aliphatic rings. The smallest absolute Gasteiger partial charge is 0.144 e. The Morgan fingerprint density at radius 3 is 2.63 bits per heavy atom. The summed E-state index contributed by atoms with van der Waals surface area (Å²) in [6, 6.07) is 3.29. The molecule has 1 aromatic rings. The van der Waals surface area contributed by atoms with Gasteiger partial charge >= 0.3 is 0 Å². The lowest BCUT2D eigenvalue weighted by atomic mass is 9.91. The number of hydrogen-bond donors (Lipinski definition) is 1. The van der Waals surface area contributed by atoms with Crippen molar-refractivity contribution in [2.75, 3.05) is 18.9 Å². The van der Waals surface area contributed by atoms with E-state index < -0.39 is 0 Å². The Hall–Kier alpha value is -0.510. The number of piperidine rings is 1. The van der Waals surface area contributed by atoms with Gasteiger partial charge in [0.15, 0.2) is 0 Å². The van der Waals surface area contributed by atoms with Crippen molar-refractivity contribution in [3.05, 3.63) is 22.3 Å². The minimum absolute atomic E-state index is 0.577. The number of anilines is 1. The SMILES string of the molecule is CN1C2CCC1CC(CNc1ncc(Cl)cc1Cl)C2. The van der Waals surface area contributed by atoms with E-state index in [9.17, 15) is 0 Å². The van der Waals surface area contributed by atoms with Crippen LogP contribution in [0.1, 0.15) is 25.7 Å². The van der Waals surface area contributed by atoms with Crippen molar-refractivity contribution in [3.63, 3.8) is 0 Å². The molecule has 2 aliphatic heterocycles. The Kier molecular flexibility index (Phi) is 3.88. The lowest BCUT2D eigenvalue weighted by Gasteiger charge is -2.36. The van der Waals surface area contributed by atoms with Crippen LogP contribution in [-0.4, -0.2) is 35.6 Å². The van der Waals surface area contributed by atoms with Crippen molar-refractivity contribution in [3.8, 4) is 0 Å². The van der Waals surface area contributed by atoms with Gasteiger partial charge in [-0.15, -0.1) is 0 Å². The first kappa shape index (κ1) is 13.5. The molecule has 104 valence electrons. The highest BCUT2D eigenvalue weighted by molar-refractivity contribution is 6.35. The molecule has 5 heteroatoms. The molecule has 1 aromatic heterocycles. The van der Waals surface area contributed by atoms with Crippen LogP contribution in [0.3, 0.4) is 0 Å². The van der Waals surface area contributed by atoms with E-state index in [1.165, 1.54) is 25.7 Å². The molecule has 0 amide bonds. The van der Waals surface area contributed by atoms with E-state index in [0.717, 1.165) is 30.4 Å². The Bertz CT molecular complexity index is 452. The van der Waals surface area contributed by atoms with Crippen LogP contribution in [0.15, 0.2) is 12.3 Å². The summed E-state index contributed by atoms with van der Waals surface area (Å²) in [6.45, 7) is 0.954. The van der Waals surface area contributed by atoms with Crippen molar-refractivity contribution < 1.29 is 0 Å². The highest BCUT2D eigenvalue weighted by atomic mass is 35.5. The molecule has 0 aliphatic carbocycles. The van der Waals surface area contributed by atoms with Crippen LogP contribution in [-0.2, 0) is 0 Å². The van der Waals surface area contributed by atoms with E-state index >= 15 is 0 Å². The summed E-state index contributed by atoms with van der Waals surface area (Å²) < 4.78 is 0. The Morgan fingerprint density at radius 2 is 2.00 bits per heavy atom. The summed E-state index contributed by atoms with van der Waals surface area (Å²) in [4.78, 5) is 6.80. The number of halogens is 2. The number of hydrogen-bond acceptors (Lipinski definition) is 3. The fourth-order valence-corrected chi connectivity index (χ4v) is 3.92. The number of rotatable bonds is 3. The predicted molar refractivity (Wildman–Crippen MR) is 80.0 cm³/mol. The molecule has 19 heavy (non-hydrogen) atoms. The Morgan fingerprint density at radius 1 is 1.32 bits per heavy atom. The standard InChI is InChI=1S/C14H19Cl2N3/c1-19-11-2-3-12(19)5-9(4-11)7-17-14-13(16)6-10(15)8-18-14/h6,8-9,11-12H,2-5,7H2,1H3,(H,17,18). The summed E-state index contributed by atoms with van der Waals surface area (Å²) in [5.74, 6) is 1.47. The molecule has 3 heterocycles. The largest absolute Gasteiger partial charge is 0.369 e. The van der Waals surface area contributed by atoms with Crippen LogP contribution < -0.4 is 5.32 Å². The van der Waals surface area contributed by atoms with Gasteiger partial charge in [0.1, 0.15) is 5.82 Å². The monoisotopic (exact) mass is 299 g/mol. The second-order valence-electron chi connectivity index (χ2n) is 5.75. The molecular weight excluding hydrogens is 281 g/mol. The fourth-order valence-electron chi connectivity index (χ4n) is 3.48. The molecule has 2 bridgehead atoms. The summed E-state index contributed by atoms with van der Waals surface area (Å²) in [5.41, 5.74) is 0. The van der Waals surface area contributed by atoms with Gasteiger partial charge in [0.05, 0.1) is 10.0 Å². The van der Waals surface area contributed by atoms with E-state index in [0.29, 0.717) is 10.0 Å². The molecule has 2 fully saturated rings. The quantitative estimate of drug-likeness (QED) is 0.923. The van der Waals surface area contributed by atoms with Crippen LogP contribution in [0.4, 0.5) is 5.82 Å². The highest BCUT2D eigenvalue weighted by Crippen LogP contribution is 2.37. The average molecular weight is 300 g/mol. The number of fused-ring (bicyclic) bond motifs is 2. The Labute approximate surface area is 124 Å². The topological polar surface area (TPSA) is 28.2 Å². The van der Waals surface area contributed by atoms with Gasteiger partial charge in [0.25, 0.3) is 0 Å². The normalized spacial score (nSPS) is 30.6. The fraction of sp³-hybridized carbons (Fsp3) is 0.643. The molecule has 2 atom stereocenters. The molecule has 3 rings (SSSR count). The lowest BCUT2D eigenvalue weighted by Crippen LogP contribution is -2.41. The van der Waals surface area contributed by atoms with Crippen molar-refractivity contribution in [1.29, 1.82) is 0 Å². The van der Waals surface area contributed by atoms with Crippen LogP contribution in [0, 0.1) is 5.92 Å². The van der Waals surface area contributed by atoms with Crippen LogP contribution >= 0.6 is 23.2 Å². The van der Waals surface area contributed by atoms with E-state index in [1.54, 1.807) is 12.3 Å². The van der Waals surface area contributed by atoms with Crippen molar-refractivity contribution >= 4 is 29.0 Å². The Balaban J connectivity index is 1.58. The number of aromatic nitrogens is 1. The molecule has 0 saturated carbocycles. The maximum absolute atomic E-state index is 6.12. The molecular formula is C14H19Cl2N3. The number of nitrogens with zero attached hydrogens (tertiary/aromatic N) is 2. The maximum atomic E-state index is 6.12. The lowest BCUT2D eigenvalue weighted by molar-refractivity contribution is 0.139. The van der Waals surface area contributed by atoms with E-state index in [2.05, 4.69) is 22.2 Å². The van der Waals surface area contributed by atoms with Crippen LogP contribution in [0.2, 0.25) is 10.0 Å². The van der Waals surface area contributed by atoms with Crippen molar-refractivity contribution in [1.82, 2.24) is 9.88 Å². The number of pyridine rings is 1. The zero-order chi connectivity index (χ0) is 13.4. The third-order valence-corrected chi connectivity index (χ3v) is 5.06. The molecule has 0 aromatic carbocycles. The molecule has 2 unspecified atom stereocenters. The minimum Gasteiger partial charge on any atom is -0.369 e. The van der Waals surface area contributed by atoms with E-state index in [1.807, 2.05) is 0 Å². The van der Waals surface area contributed by atoms with Gasteiger partial charge in [0.2, 0.25) is 0 Å². The van der Waals surface area contributed by atoms with Gasteiger partial charge in [-0.05, 0) is 44.7 Å². The van der Waals surface area contributed by atoms with Gasteiger partial charge < -0.3 is 10.2 Å². The summed E-state index contributed by atoms with van der Waals surface area (Å²) >= 11 is 12.0. The minimum atomic E-state index is 0.577. The third-order valence-electron chi connectivity index (χ3n) is 4.56. The second kappa shape index (κ2) is 5.47. The number of nitrogens with one attached hydrogen (secondary N) is 1. The summed E-state index contributed by atoms with van der Waals surface area (Å²) in [6.07, 6.45) is 6.92. The van der Waals surface area contributed by atoms with E-state index in [-0.39, 0.29) is 0 Å². The zero-order valence-corrected chi connectivity index (χ0v) is 12.6. The molecule has 3 nitrogen and oxygen atoms in total. The summed E-state index contributed by atoms with van der Waals surface area (Å²) in [5, 5.41) is 4.55. The van der Waals surface area contributed by atoms with Gasteiger partial charge in [-0.2, -0.15) is 0 Å². The molecule has 0 spiro atoms. The summed E-state index contributed by atoms with van der Waals surface area (Å²) in [7, 11) is 2.27. The van der Waals surface area contributed by atoms with Crippen LogP contribution in [0.5, 0.6) is 0 Å². The van der Waals surface area contributed by atoms with Crippen LogP contribution in [0.25, 0.3) is 0 Å². The maximum Gasteiger partial charge on any atom is 0.144 e. The highest BCUT2D eigenvalue weighted by Gasteiger charge is 2.38. The van der Waals surface area contributed by atoms with Gasteiger partial charge in [-0.1, -0.05) is 23.2 Å². The zero-order valence-electron chi connectivity index (χ0n) is 11.1. The van der Waals surface area contributed by atoms with Crippen molar-refractivity contribution in [2.24, 2.45) is 5.92 Å². The average Bonchev–Trinajstić information content (AvgIpc) is 2.62. The second-order valence-corrected chi connectivity index (χ2v) is 6.60. The molecule has 1 N–H and O–H groups in total. The predicted octanol–water partition coefficient (Wildman–Crippen LogP) is 3.67. The van der Waals surface area contributed by atoms with Gasteiger partial charge in [0, 0.05) is 24.8 Å². The van der Waals surface area contributed by atoms with Gasteiger partial charge in [-0.3, -0.25) is 0 Å². The first-order valence-electron chi connectivity index (χ1n) is 6.90. The third kappa shape index (κ3) is 2.83. The first-order chi connectivity index (χ1) is 9.13. The van der Waals surface area contributed by atoms with Gasteiger partial charge in [-0.25, -0.2) is 4.98 Å². The molecule has 2 saturated heterocycles.